The van der Waals surface area contributed by atoms with E-state index in [4.69, 9.17) is 14.2 Å². The van der Waals surface area contributed by atoms with Crippen molar-refractivity contribution in [2.45, 2.75) is 26.9 Å². The number of hydrogen-bond donors (Lipinski definition) is 0. The highest BCUT2D eigenvalue weighted by Crippen LogP contribution is 2.30. The first-order chi connectivity index (χ1) is 12.0. The van der Waals surface area contributed by atoms with Gasteiger partial charge < -0.3 is 19.0 Å². The fourth-order valence-electron chi connectivity index (χ4n) is 2.61. The maximum atomic E-state index is 12.3. The lowest BCUT2D eigenvalue weighted by molar-refractivity contribution is -0.107. The van der Waals surface area contributed by atoms with Gasteiger partial charge in [-0.05, 0) is 54.3 Å². The average molecular weight is 342 g/mol. The monoisotopic (exact) mass is 342 g/mol. The summed E-state index contributed by atoms with van der Waals surface area (Å²) in [6.07, 6.45) is 0.915. The molecule has 0 spiro atoms. The molecule has 0 saturated heterocycles. The van der Waals surface area contributed by atoms with Gasteiger partial charge in [0.25, 0.3) is 0 Å². The van der Waals surface area contributed by atoms with E-state index in [9.17, 15) is 9.59 Å². The van der Waals surface area contributed by atoms with E-state index in [1.807, 2.05) is 38.1 Å². The first-order valence-electron chi connectivity index (χ1n) is 7.92. The molecule has 0 bridgehead atoms. The second-order valence-electron chi connectivity index (χ2n) is 5.67. The summed E-state index contributed by atoms with van der Waals surface area (Å²) in [5.41, 5.74) is 3.74. The molecular formula is C20H22O5. The fourth-order valence-corrected chi connectivity index (χ4v) is 2.61. The van der Waals surface area contributed by atoms with Crippen molar-refractivity contribution in [3.63, 3.8) is 0 Å². The van der Waals surface area contributed by atoms with Crippen LogP contribution in [0, 0.1) is 13.8 Å². The van der Waals surface area contributed by atoms with Gasteiger partial charge in [-0.25, -0.2) is 4.79 Å². The molecule has 0 aliphatic rings. The van der Waals surface area contributed by atoms with Gasteiger partial charge in [-0.3, -0.25) is 0 Å². The lowest BCUT2D eigenvalue weighted by Crippen LogP contribution is -2.12. The molecule has 132 valence electrons. The van der Waals surface area contributed by atoms with Crippen molar-refractivity contribution in [3.05, 3.63) is 58.1 Å². The van der Waals surface area contributed by atoms with Gasteiger partial charge in [0.15, 0.2) is 0 Å². The molecule has 0 amide bonds. The van der Waals surface area contributed by atoms with Gasteiger partial charge in [0.05, 0.1) is 14.2 Å². The number of carbonyl (C=O) groups is 2. The number of carbonyl (C=O) groups excluding carboxylic acids is 2. The molecule has 0 N–H and O–H groups in total. The highest BCUT2D eigenvalue weighted by molar-refractivity contribution is 5.95. The van der Waals surface area contributed by atoms with E-state index in [2.05, 4.69) is 0 Å². The molecule has 0 heterocycles. The zero-order chi connectivity index (χ0) is 18.4. The molecule has 0 radical (unpaired) electrons. The van der Waals surface area contributed by atoms with Crippen molar-refractivity contribution in [2.75, 3.05) is 14.2 Å². The van der Waals surface area contributed by atoms with E-state index in [1.165, 1.54) is 7.11 Å². The van der Waals surface area contributed by atoms with Crippen molar-refractivity contribution in [1.29, 1.82) is 0 Å². The Kier molecular flexibility index (Phi) is 6.17. The number of ether oxygens (including phenoxy) is 3. The Balaban J connectivity index is 2.37. The Morgan fingerprint density at radius 3 is 2.36 bits per heavy atom. The normalized spacial score (nSPS) is 10.2. The summed E-state index contributed by atoms with van der Waals surface area (Å²) in [7, 11) is 2.92. The third-order valence-corrected chi connectivity index (χ3v) is 4.17. The average Bonchev–Trinajstić information content (AvgIpc) is 2.63. The fraction of sp³-hybridized carbons (Fsp3) is 0.300. The Labute approximate surface area is 147 Å². The van der Waals surface area contributed by atoms with Crippen LogP contribution in [0.5, 0.6) is 11.5 Å². The molecule has 0 saturated carbocycles. The van der Waals surface area contributed by atoms with E-state index in [0.29, 0.717) is 16.9 Å². The van der Waals surface area contributed by atoms with E-state index >= 15 is 0 Å². The SMILES string of the molecule is COC(=O)c1c(OCc2ccc(OC)cc2)cc(C)c(C)c1CC=O. The maximum absolute atomic E-state index is 12.3. The number of esters is 1. The molecule has 0 aliphatic heterocycles. The minimum Gasteiger partial charge on any atom is -0.497 e. The molecule has 0 fully saturated rings. The number of hydrogen-bond acceptors (Lipinski definition) is 5. The summed E-state index contributed by atoms with van der Waals surface area (Å²) in [6, 6.07) is 9.28. The third kappa shape index (κ3) is 4.18. The van der Waals surface area contributed by atoms with Crippen LogP contribution in [0.25, 0.3) is 0 Å². The Morgan fingerprint density at radius 1 is 1.12 bits per heavy atom. The summed E-state index contributed by atoms with van der Waals surface area (Å²) in [5.74, 6) is 0.672. The van der Waals surface area contributed by atoms with Crippen LogP contribution in [-0.4, -0.2) is 26.5 Å². The van der Waals surface area contributed by atoms with Gasteiger partial charge in [-0.1, -0.05) is 12.1 Å². The van der Waals surface area contributed by atoms with E-state index in [-0.39, 0.29) is 13.0 Å². The summed E-state index contributed by atoms with van der Waals surface area (Å²) in [6.45, 7) is 4.09. The standard InChI is InChI=1S/C20H22O5/c1-13-11-18(25-12-15-5-7-16(23-3)8-6-15)19(20(22)24-4)17(9-10-21)14(13)2/h5-8,10-11H,9,12H2,1-4H3. The first kappa shape index (κ1) is 18.5. The molecule has 0 aromatic heterocycles. The maximum Gasteiger partial charge on any atom is 0.341 e. The van der Waals surface area contributed by atoms with Gasteiger partial charge >= 0.3 is 5.97 Å². The van der Waals surface area contributed by atoms with Crippen LogP contribution in [0.15, 0.2) is 30.3 Å². The molecule has 2 aromatic carbocycles. The number of rotatable bonds is 7. The second-order valence-corrected chi connectivity index (χ2v) is 5.67. The van der Waals surface area contributed by atoms with Gasteiger partial charge in [-0.15, -0.1) is 0 Å². The third-order valence-electron chi connectivity index (χ3n) is 4.17. The predicted octanol–water partition coefficient (Wildman–Crippen LogP) is 3.42. The molecule has 5 nitrogen and oxygen atoms in total. The second kappa shape index (κ2) is 8.33. The van der Waals surface area contributed by atoms with Gasteiger partial charge in [0.1, 0.15) is 30.0 Å². The number of methoxy groups -OCH3 is 2. The summed E-state index contributed by atoms with van der Waals surface area (Å²) in [5, 5.41) is 0. The number of aryl methyl sites for hydroxylation is 1. The molecule has 0 aliphatic carbocycles. The van der Waals surface area contributed by atoms with Gasteiger partial charge in [-0.2, -0.15) is 0 Å². The van der Waals surface area contributed by atoms with Crippen molar-refractivity contribution in [3.8, 4) is 11.5 Å². The van der Waals surface area contributed by atoms with Crippen LogP contribution in [-0.2, 0) is 22.6 Å². The molecule has 5 heteroatoms. The van der Waals surface area contributed by atoms with Crippen molar-refractivity contribution in [1.82, 2.24) is 0 Å². The minimum absolute atomic E-state index is 0.136. The van der Waals surface area contributed by atoms with Crippen molar-refractivity contribution < 1.29 is 23.8 Å². The van der Waals surface area contributed by atoms with Crippen molar-refractivity contribution >= 4 is 12.3 Å². The summed E-state index contributed by atoms with van der Waals surface area (Å²) in [4.78, 5) is 23.3. The van der Waals surface area contributed by atoms with E-state index in [1.54, 1.807) is 13.2 Å². The lowest BCUT2D eigenvalue weighted by Gasteiger charge is -2.17. The van der Waals surface area contributed by atoms with Crippen LogP contribution in [0.1, 0.15) is 32.6 Å². The van der Waals surface area contributed by atoms with Crippen molar-refractivity contribution in [2.24, 2.45) is 0 Å². The summed E-state index contributed by atoms with van der Waals surface area (Å²) >= 11 is 0. The first-order valence-corrected chi connectivity index (χ1v) is 7.92. The topological polar surface area (TPSA) is 61.8 Å². The van der Waals surface area contributed by atoms with Crippen LogP contribution >= 0.6 is 0 Å². The van der Waals surface area contributed by atoms with Gasteiger partial charge in [0, 0.05) is 6.42 Å². The highest BCUT2D eigenvalue weighted by atomic mass is 16.5. The number of aldehydes is 1. The zero-order valence-electron chi connectivity index (χ0n) is 14.9. The predicted molar refractivity (Wildman–Crippen MR) is 94.3 cm³/mol. The van der Waals surface area contributed by atoms with E-state index in [0.717, 1.165) is 28.7 Å². The largest absolute Gasteiger partial charge is 0.497 e. The van der Waals surface area contributed by atoms with Crippen LogP contribution in [0.4, 0.5) is 0 Å². The quantitative estimate of drug-likeness (QED) is 0.570. The molecule has 25 heavy (non-hydrogen) atoms. The summed E-state index contributed by atoms with van der Waals surface area (Å²) < 4.78 is 15.9. The van der Waals surface area contributed by atoms with Gasteiger partial charge in [0.2, 0.25) is 0 Å². The minimum atomic E-state index is -0.510. The molecule has 0 unspecified atom stereocenters. The smallest absolute Gasteiger partial charge is 0.341 e. The van der Waals surface area contributed by atoms with Crippen LogP contribution in [0.3, 0.4) is 0 Å². The van der Waals surface area contributed by atoms with Crippen LogP contribution in [0.2, 0.25) is 0 Å². The molecule has 2 rings (SSSR count). The lowest BCUT2D eigenvalue weighted by atomic mass is 9.94. The Bertz CT molecular complexity index is 763. The molecule has 0 atom stereocenters. The number of benzene rings is 2. The Morgan fingerprint density at radius 2 is 1.80 bits per heavy atom. The van der Waals surface area contributed by atoms with Crippen LogP contribution < -0.4 is 9.47 Å². The molecular weight excluding hydrogens is 320 g/mol. The molecule has 2 aromatic rings. The highest BCUT2D eigenvalue weighted by Gasteiger charge is 2.21. The zero-order valence-corrected chi connectivity index (χ0v) is 14.9. The van der Waals surface area contributed by atoms with E-state index < -0.39 is 5.97 Å². The Hall–Kier alpha value is -2.82.